The van der Waals surface area contributed by atoms with Gasteiger partial charge in [0.2, 0.25) is 0 Å². The summed E-state index contributed by atoms with van der Waals surface area (Å²) in [6.45, 7) is 1.82. The molecule has 7 heteroatoms. The van der Waals surface area contributed by atoms with Crippen LogP contribution in [0.25, 0.3) is 0 Å². The molecule has 1 atom stereocenters. The number of carbonyl (C=O) groups is 2. The summed E-state index contributed by atoms with van der Waals surface area (Å²) < 4.78 is 10.5. The Balaban J connectivity index is 2.05. The molecular weight excluding hydrogens is 274 g/mol. The molecule has 114 valence electrons. The van der Waals surface area contributed by atoms with Gasteiger partial charge in [-0.2, -0.15) is 0 Å². The molecule has 0 saturated carbocycles. The van der Waals surface area contributed by atoms with E-state index in [1.54, 1.807) is 24.3 Å². The molecule has 2 rings (SSSR count). The Morgan fingerprint density at radius 2 is 2.10 bits per heavy atom. The van der Waals surface area contributed by atoms with Crippen LogP contribution >= 0.6 is 0 Å². The Morgan fingerprint density at radius 1 is 1.29 bits per heavy atom. The summed E-state index contributed by atoms with van der Waals surface area (Å²) in [5.74, 6) is -0.606. The van der Waals surface area contributed by atoms with Crippen molar-refractivity contribution < 1.29 is 19.1 Å². The van der Waals surface area contributed by atoms with Gasteiger partial charge in [-0.3, -0.25) is 9.59 Å². The number of amides is 2. The van der Waals surface area contributed by atoms with Gasteiger partial charge in [-0.25, -0.2) is 0 Å². The molecular formula is C14H19N3O4. The van der Waals surface area contributed by atoms with Crippen LogP contribution in [0.1, 0.15) is 10.4 Å². The lowest BCUT2D eigenvalue weighted by Gasteiger charge is -2.22. The first-order valence-electron chi connectivity index (χ1n) is 6.80. The number of ether oxygens (including phenoxy) is 2. The standard InChI is InChI=1S/C14H19N3O4/c15-5-6-16-13(18)10-3-1-2-4-11(10)17-14(19)12-9-20-7-8-21-12/h1-4,12H,5-9,15H2,(H,16,18)(H,17,19). The predicted molar refractivity (Wildman–Crippen MR) is 77.0 cm³/mol. The van der Waals surface area contributed by atoms with Gasteiger partial charge >= 0.3 is 0 Å². The number of para-hydroxylation sites is 1. The van der Waals surface area contributed by atoms with E-state index in [9.17, 15) is 9.59 Å². The maximum Gasteiger partial charge on any atom is 0.255 e. The van der Waals surface area contributed by atoms with Crippen LogP contribution in [0.5, 0.6) is 0 Å². The first kappa shape index (κ1) is 15.4. The molecule has 1 aliphatic heterocycles. The van der Waals surface area contributed by atoms with Gasteiger partial charge in [0.25, 0.3) is 11.8 Å². The van der Waals surface area contributed by atoms with E-state index in [1.165, 1.54) is 0 Å². The van der Waals surface area contributed by atoms with Crippen LogP contribution in [-0.2, 0) is 14.3 Å². The molecule has 1 heterocycles. The van der Waals surface area contributed by atoms with Crippen molar-refractivity contribution in [3.8, 4) is 0 Å². The van der Waals surface area contributed by atoms with E-state index in [2.05, 4.69) is 10.6 Å². The third kappa shape index (κ3) is 4.25. The lowest BCUT2D eigenvalue weighted by atomic mass is 10.1. The zero-order chi connectivity index (χ0) is 15.1. The third-order valence-electron chi connectivity index (χ3n) is 2.97. The van der Waals surface area contributed by atoms with Crippen LogP contribution in [0.15, 0.2) is 24.3 Å². The average Bonchev–Trinajstić information content (AvgIpc) is 2.54. The fraction of sp³-hybridized carbons (Fsp3) is 0.429. The molecule has 0 aromatic heterocycles. The van der Waals surface area contributed by atoms with Gasteiger partial charge in [0, 0.05) is 13.1 Å². The number of nitrogens with two attached hydrogens (primary N) is 1. The van der Waals surface area contributed by atoms with Gasteiger partial charge in [-0.1, -0.05) is 12.1 Å². The van der Waals surface area contributed by atoms with Crippen molar-refractivity contribution in [1.29, 1.82) is 0 Å². The second-order valence-corrected chi connectivity index (χ2v) is 4.51. The molecule has 0 aliphatic carbocycles. The molecule has 2 amide bonds. The van der Waals surface area contributed by atoms with Gasteiger partial charge in [-0.15, -0.1) is 0 Å². The zero-order valence-electron chi connectivity index (χ0n) is 11.6. The van der Waals surface area contributed by atoms with E-state index in [1.807, 2.05) is 0 Å². The molecule has 0 bridgehead atoms. The average molecular weight is 293 g/mol. The summed E-state index contributed by atoms with van der Waals surface area (Å²) >= 11 is 0. The molecule has 7 nitrogen and oxygen atoms in total. The number of hydrogen-bond donors (Lipinski definition) is 3. The molecule has 4 N–H and O–H groups in total. The highest BCUT2D eigenvalue weighted by atomic mass is 16.6. The van der Waals surface area contributed by atoms with Crippen LogP contribution in [0.3, 0.4) is 0 Å². The number of anilines is 1. The van der Waals surface area contributed by atoms with Gasteiger partial charge in [0.1, 0.15) is 0 Å². The summed E-state index contributed by atoms with van der Waals surface area (Å²) in [6.07, 6.45) is -0.654. The third-order valence-corrected chi connectivity index (χ3v) is 2.97. The monoisotopic (exact) mass is 293 g/mol. The fourth-order valence-electron chi connectivity index (χ4n) is 1.92. The number of hydrogen-bond acceptors (Lipinski definition) is 5. The minimum Gasteiger partial charge on any atom is -0.376 e. The Labute approximate surface area is 122 Å². The van der Waals surface area contributed by atoms with E-state index in [0.29, 0.717) is 37.6 Å². The van der Waals surface area contributed by atoms with E-state index < -0.39 is 6.10 Å². The Kier molecular flexibility index (Phi) is 5.68. The molecule has 1 unspecified atom stereocenters. The van der Waals surface area contributed by atoms with E-state index in [-0.39, 0.29) is 18.4 Å². The minimum absolute atomic E-state index is 0.216. The summed E-state index contributed by atoms with van der Waals surface area (Å²) in [5.41, 5.74) is 6.18. The number of carbonyl (C=O) groups excluding carboxylic acids is 2. The second kappa shape index (κ2) is 7.72. The SMILES string of the molecule is NCCNC(=O)c1ccccc1NC(=O)C1COCCO1. The topological polar surface area (TPSA) is 103 Å². The van der Waals surface area contributed by atoms with Crippen molar-refractivity contribution in [3.05, 3.63) is 29.8 Å². The van der Waals surface area contributed by atoms with Crippen LogP contribution < -0.4 is 16.4 Å². The number of rotatable bonds is 5. The zero-order valence-corrected chi connectivity index (χ0v) is 11.6. The highest BCUT2D eigenvalue weighted by Crippen LogP contribution is 2.16. The molecule has 1 aromatic rings. The predicted octanol–water partition coefficient (Wildman–Crippen LogP) is -0.271. The van der Waals surface area contributed by atoms with Gasteiger partial charge in [0.05, 0.1) is 31.1 Å². The molecule has 1 aromatic carbocycles. The normalized spacial score (nSPS) is 18.0. The van der Waals surface area contributed by atoms with Crippen molar-refractivity contribution in [3.63, 3.8) is 0 Å². The van der Waals surface area contributed by atoms with Gasteiger partial charge in [-0.05, 0) is 12.1 Å². The van der Waals surface area contributed by atoms with Crippen LogP contribution in [0, 0.1) is 0 Å². The quantitative estimate of drug-likeness (QED) is 0.693. The minimum atomic E-state index is -0.654. The smallest absolute Gasteiger partial charge is 0.255 e. The molecule has 1 aliphatic rings. The van der Waals surface area contributed by atoms with E-state index in [0.717, 1.165) is 0 Å². The van der Waals surface area contributed by atoms with Crippen molar-refractivity contribution in [1.82, 2.24) is 5.32 Å². The van der Waals surface area contributed by atoms with Crippen molar-refractivity contribution in [2.24, 2.45) is 5.73 Å². The summed E-state index contributed by atoms with van der Waals surface area (Å²) in [5, 5.41) is 5.37. The molecule has 0 spiro atoms. The Hall–Kier alpha value is -1.96. The molecule has 0 radical (unpaired) electrons. The van der Waals surface area contributed by atoms with Crippen molar-refractivity contribution >= 4 is 17.5 Å². The Bertz CT molecular complexity index is 501. The van der Waals surface area contributed by atoms with Crippen molar-refractivity contribution in [2.75, 3.05) is 38.2 Å². The van der Waals surface area contributed by atoms with E-state index in [4.69, 9.17) is 15.2 Å². The van der Waals surface area contributed by atoms with Gasteiger partial charge in [0.15, 0.2) is 6.10 Å². The fourth-order valence-corrected chi connectivity index (χ4v) is 1.92. The van der Waals surface area contributed by atoms with Crippen LogP contribution in [0.2, 0.25) is 0 Å². The first-order chi connectivity index (χ1) is 10.2. The maximum atomic E-state index is 12.1. The Morgan fingerprint density at radius 3 is 2.81 bits per heavy atom. The molecule has 1 fully saturated rings. The summed E-state index contributed by atoms with van der Waals surface area (Å²) in [4.78, 5) is 24.1. The van der Waals surface area contributed by atoms with Crippen LogP contribution in [0.4, 0.5) is 5.69 Å². The largest absolute Gasteiger partial charge is 0.376 e. The van der Waals surface area contributed by atoms with E-state index >= 15 is 0 Å². The highest BCUT2D eigenvalue weighted by Gasteiger charge is 2.23. The maximum absolute atomic E-state index is 12.1. The number of benzene rings is 1. The summed E-state index contributed by atoms with van der Waals surface area (Å²) in [6, 6.07) is 6.78. The molecule has 21 heavy (non-hydrogen) atoms. The second-order valence-electron chi connectivity index (χ2n) is 4.51. The lowest BCUT2D eigenvalue weighted by molar-refractivity contribution is -0.142. The lowest BCUT2D eigenvalue weighted by Crippen LogP contribution is -2.39. The summed E-state index contributed by atoms with van der Waals surface area (Å²) in [7, 11) is 0. The highest BCUT2D eigenvalue weighted by molar-refractivity contribution is 6.04. The van der Waals surface area contributed by atoms with Gasteiger partial charge < -0.3 is 25.8 Å². The first-order valence-corrected chi connectivity index (χ1v) is 6.80. The van der Waals surface area contributed by atoms with Crippen LogP contribution in [-0.4, -0.2) is 50.8 Å². The molecule has 1 saturated heterocycles. The van der Waals surface area contributed by atoms with Crippen molar-refractivity contribution in [2.45, 2.75) is 6.10 Å². The number of nitrogens with one attached hydrogen (secondary N) is 2.